The van der Waals surface area contributed by atoms with Crippen LogP contribution in [0.3, 0.4) is 0 Å². The molecule has 148 valence electrons. The predicted octanol–water partition coefficient (Wildman–Crippen LogP) is 3.45. The van der Waals surface area contributed by atoms with Gasteiger partial charge in [0.25, 0.3) is 0 Å². The number of rotatable bonds is 4. The maximum absolute atomic E-state index is 13.1. The molecule has 2 aliphatic carbocycles. The van der Waals surface area contributed by atoms with Crippen molar-refractivity contribution >= 4 is 23.5 Å². The Morgan fingerprint density at radius 3 is 2.34 bits per heavy atom. The van der Waals surface area contributed by atoms with Gasteiger partial charge in [0.1, 0.15) is 5.75 Å². The summed E-state index contributed by atoms with van der Waals surface area (Å²) in [6, 6.07) is 13.4. The maximum Gasteiger partial charge on any atom is 0.343 e. The molecule has 0 radical (unpaired) electrons. The zero-order valence-electron chi connectivity index (χ0n) is 16.0. The summed E-state index contributed by atoms with van der Waals surface area (Å²) in [7, 11) is 1.52. The molecule has 1 saturated heterocycles. The van der Waals surface area contributed by atoms with Crippen LogP contribution in [-0.4, -0.2) is 24.9 Å². The highest BCUT2D eigenvalue weighted by Crippen LogP contribution is 2.57. The van der Waals surface area contributed by atoms with E-state index in [1.807, 2.05) is 0 Å². The van der Waals surface area contributed by atoms with Crippen LogP contribution in [0.4, 0.5) is 5.69 Å². The van der Waals surface area contributed by atoms with Crippen LogP contribution in [0.2, 0.25) is 0 Å². The standard InChI is InChI=1S/C23H21NO5/c1-28-16-6-4-5-15(12-16)23(27)29-18-8-3-2-7-17(18)24-21(25)19-13-9-10-14(11-13)20(19)22(24)26/h2-8,12-14,19-20H,9-11H2,1H3/t13-,14-,19-,20-/m0/s1. The summed E-state index contributed by atoms with van der Waals surface area (Å²) in [6.07, 6.45) is 3.02. The molecule has 0 N–H and O–H groups in total. The number of benzene rings is 2. The van der Waals surface area contributed by atoms with Crippen molar-refractivity contribution in [1.29, 1.82) is 0 Å². The molecule has 0 unspecified atom stereocenters. The van der Waals surface area contributed by atoms with Crippen molar-refractivity contribution in [3.05, 3.63) is 54.1 Å². The summed E-state index contributed by atoms with van der Waals surface area (Å²) in [5.74, 6) is 0.0304. The van der Waals surface area contributed by atoms with Crippen LogP contribution in [0, 0.1) is 23.7 Å². The summed E-state index contributed by atoms with van der Waals surface area (Å²) in [5, 5.41) is 0. The number of imide groups is 1. The molecular formula is C23H21NO5. The lowest BCUT2D eigenvalue weighted by Gasteiger charge is -2.20. The lowest BCUT2D eigenvalue weighted by Crippen LogP contribution is -2.33. The normalized spacial score (nSPS) is 27.3. The first-order chi connectivity index (χ1) is 14.1. The van der Waals surface area contributed by atoms with Crippen LogP contribution < -0.4 is 14.4 Å². The van der Waals surface area contributed by atoms with Gasteiger partial charge in [0, 0.05) is 0 Å². The Morgan fingerprint density at radius 2 is 1.66 bits per heavy atom. The Kier molecular flexibility index (Phi) is 4.15. The molecule has 1 heterocycles. The number of nitrogens with zero attached hydrogens (tertiary/aromatic N) is 1. The van der Waals surface area contributed by atoms with E-state index in [9.17, 15) is 14.4 Å². The van der Waals surface area contributed by atoms with Gasteiger partial charge in [0.15, 0.2) is 5.75 Å². The topological polar surface area (TPSA) is 72.9 Å². The largest absolute Gasteiger partial charge is 0.497 e. The van der Waals surface area contributed by atoms with Gasteiger partial charge in [-0.2, -0.15) is 0 Å². The molecule has 2 amide bonds. The van der Waals surface area contributed by atoms with E-state index in [-0.39, 0.29) is 29.4 Å². The maximum atomic E-state index is 13.1. The van der Waals surface area contributed by atoms with Crippen molar-refractivity contribution < 1.29 is 23.9 Å². The first-order valence-corrected chi connectivity index (χ1v) is 9.91. The predicted molar refractivity (Wildman–Crippen MR) is 105 cm³/mol. The van der Waals surface area contributed by atoms with Gasteiger partial charge in [0.05, 0.1) is 30.2 Å². The second-order valence-electron chi connectivity index (χ2n) is 7.99. The van der Waals surface area contributed by atoms with E-state index >= 15 is 0 Å². The van der Waals surface area contributed by atoms with Crippen LogP contribution in [-0.2, 0) is 9.59 Å². The minimum Gasteiger partial charge on any atom is -0.497 e. The van der Waals surface area contributed by atoms with Crippen LogP contribution in [0.25, 0.3) is 0 Å². The molecule has 6 heteroatoms. The van der Waals surface area contributed by atoms with E-state index in [0.29, 0.717) is 28.8 Å². The number of carbonyl (C=O) groups excluding carboxylic acids is 3. The molecule has 1 aliphatic heterocycles. The van der Waals surface area contributed by atoms with E-state index < -0.39 is 5.97 Å². The van der Waals surface area contributed by atoms with Gasteiger partial charge in [0.2, 0.25) is 11.8 Å². The Bertz CT molecular complexity index is 988. The minimum atomic E-state index is -0.573. The first kappa shape index (κ1) is 17.9. The van der Waals surface area contributed by atoms with Crippen molar-refractivity contribution in [2.24, 2.45) is 23.7 Å². The minimum absolute atomic E-state index is 0.155. The fraction of sp³-hybridized carbons (Fsp3) is 0.348. The Labute approximate surface area is 168 Å². The number of amides is 2. The summed E-state index contributed by atoms with van der Waals surface area (Å²) >= 11 is 0. The molecule has 4 atom stereocenters. The van der Waals surface area contributed by atoms with Crippen LogP contribution >= 0.6 is 0 Å². The molecule has 0 aromatic heterocycles. The second-order valence-corrected chi connectivity index (χ2v) is 7.99. The third-order valence-corrected chi connectivity index (χ3v) is 6.54. The first-order valence-electron chi connectivity index (χ1n) is 9.91. The second kappa shape index (κ2) is 6.72. The summed E-state index contributed by atoms with van der Waals surface area (Å²) in [6.45, 7) is 0. The molecule has 2 aromatic carbocycles. The van der Waals surface area contributed by atoms with Gasteiger partial charge in [-0.05, 0) is 61.4 Å². The molecule has 2 bridgehead atoms. The van der Waals surface area contributed by atoms with Gasteiger partial charge in [-0.1, -0.05) is 18.2 Å². The highest BCUT2D eigenvalue weighted by molar-refractivity contribution is 6.23. The smallest absolute Gasteiger partial charge is 0.343 e. The average molecular weight is 391 g/mol. The number of fused-ring (bicyclic) bond motifs is 5. The van der Waals surface area contributed by atoms with Crippen LogP contribution in [0.1, 0.15) is 29.6 Å². The SMILES string of the molecule is COc1cccc(C(=O)Oc2ccccc2N2C(=O)[C@H]3[C@H]4CC[C@@H](C4)[C@@H]3C2=O)c1. The quantitative estimate of drug-likeness (QED) is 0.453. The highest BCUT2D eigenvalue weighted by Gasteiger charge is 2.61. The Hall–Kier alpha value is -3.15. The number of methoxy groups -OCH3 is 1. The number of hydrogen-bond acceptors (Lipinski definition) is 5. The summed E-state index contributed by atoms with van der Waals surface area (Å²) < 4.78 is 10.7. The highest BCUT2D eigenvalue weighted by atomic mass is 16.5. The van der Waals surface area contributed by atoms with Crippen molar-refractivity contribution in [2.75, 3.05) is 12.0 Å². The number of anilines is 1. The molecular weight excluding hydrogens is 370 g/mol. The molecule has 6 nitrogen and oxygen atoms in total. The van der Waals surface area contributed by atoms with Crippen molar-refractivity contribution in [2.45, 2.75) is 19.3 Å². The summed E-state index contributed by atoms with van der Waals surface area (Å²) in [5.41, 5.74) is 0.667. The third-order valence-electron chi connectivity index (χ3n) is 6.54. The lowest BCUT2D eigenvalue weighted by atomic mass is 9.81. The molecule has 3 fully saturated rings. The molecule has 3 aliphatic rings. The van der Waals surface area contributed by atoms with Crippen molar-refractivity contribution in [3.63, 3.8) is 0 Å². The zero-order chi connectivity index (χ0) is 20.1. The Morgan fingerprint density at radius 1 is 0.966 bits per heavy atom. The van der Waals surface area contributed by atoms with E-state index in [2.05, 4.69) is 0 Å². The van der Waals surface area contributed by atoms with E-state index in [1.165, 1.54) is 12.0 Å². The van der Waals surface area contributed by atoms with Crippen LogP contribution in [0.5, 0.6) is 11.5 Å². The zero-order valence-corrected chi connectivity index (χ0v) is 16.0. The van der Waals surface area contributed by atoms with E-state index in [0.717, 1.165) is 19.3 Å². The number of para-hydroxylation sites is 2. The van der Waals surface area contributed by atoms with Gasteiger partial charge in [-0.25, -0.2) is 9.69 Å². The van der Waals surface area contributed by atoms with Crippen molar-refractivity contribution in [1.82, 2.24) is 0 Å². The fourth-order valence-electron chi connectivity index (χ4n) is 5.28. The molecule has 2 saturated carbocycles. The number of ether oxygens (including phenoxy) is 2. The number of hydrogen-bond donors (Lipinski definition) is 0. The average Bonchev–Trinajstić information content (AvgIpc) is 3.42. The lowest BCUT2D eigenvalue weighted by molar-refractivity contribution is -0.123. The Balaban J connectivity index is 1.45. The molecule has 29 heavy (non-hydrogen) atoms. The molecule has 0 spiro atoms. The number of esters is 1. The van der Waals surface area contributed by atoms with Gasteiger partial charge in [-0.15, -0.1) is 0 Å². The van der Waals surface area contributed by atoms with Crippen LogP contribution in [0.15, 0.2) is 48.5 Å². The summed E-state index contributed by atoms with van der Waals surface area (Å²) in [4.78, 5) is 40.2. The van der Waals surface area contributed by atoms with E-state index in [4.69, 9.17) is 9.47 Å². The molecule has 5 rings (SSSR count). The van der Waals surface area contributed by atoms with Gasteiger partial charge in [-0.3, -0.25) is 9.59 Å². The molecule has 2 aromatic rings. The van der Waals surface area contributed by atoms with Crippen molar-refractivity contribution in [3.8, 4) is 11.5 Å². The fourth-order valence-corrected chi connectivity index (χ4v) is 5.28. The number of carbonyl (C=O) groups is 3. The third kappa shape index (κ3) is 2.74. The monoisotopic (exact) mass is 391 g/mol. The van der Waals surface area contributed by atoms with E-state index in [1.54, 1.807) is 48.5 Å². The van der Waals surface area contributed by atoms with Gasteiger partial charge < -0.3 is 9.47 Å². The van der Waals surface area contributed by atoms with Gasteiger partial charge >= 0.3 is 5.97 Å².